The molecular formula is C16H34N2. The third-order valence-corrected chi connectivity index (χ3v) is 4.07. The lowest BCUT2D eigenvalue weighted by Gasteiger charge is -2.39. The van der Waals surface area contributed by atoms with Gasteiger partial charge >= 0.3 is 0 Å². The summed E-state index contributed by atoms with van der Waals surface area (Å²) in [5.74, 6) is 0.808. The van der Waals surface area contributed by atoms with E-state index < -0.39 is 0 Å². The van der Waals surface area contributed by atoms with Crippen LogP contribution >= 0.6 is 0 Å². The van der Waals surface area contributed by atoms with Crippen molar-refractivity contribution in [3.05, 3.63) is 0 Å². The molecule has 0 aromatic carbocycles. The monoisotopic (exact) mass is 254 g/mol. The number of unbranched alkanes of at least 4 members (excludes halogenated alkanes) is 1. The van der Waals surface area contributed by atoms with Crippen LogP contribution < -0.4 is 5.32 Å². The molecule has 0 spiro atoms. The first-order chi connectivity index (χ1) is 8.67. The van der Waals surface area contributed by atoms with Crippen molar-refractivity contribution >= 4 is 0 Å². The largest absolute Gasteiger partial charge is 0.311 e. The Morgan fingerprint density at radius 2 is 1.94 bits per heavy atom. The highest BCUT2D eigenvalue weighted by molar-refractivity contribution is 4.83. The Morgan fingerprint density at radius 1 is 1.17 bits per heavy atom. The maximum Gasteiger partial charge on any atom is 0.0198 e. The summed E-state index contributed by atoms with van der Waals surface area (Å²) in [4.78, 5) is 2.77. The highest BCUT2D eigenvalue weighted by Crippen LogP contribution is 2.18. The fraction of sp³-hybridized carbons (Fsp3) is 1.00. The summed E-state index contributed by atoms with van der Waals surface area (Å²) >= 11 is 0. The summed E-state index contributed by atoms with van der Waals surface area (Å²) in [5, 5.41) is 3.69. The van der Waals surface area contributed by atoms with Gasteiger partial charge in [-0.05, 0) is 25.2 Å². The molecule has 0 bridgehead atoms. The zero-order valence-corrected chi connectivity index (χ0v) is 13.0. The van der Waals surface area contributed by atoms with Crippen LogP contribution in [0.2, 0.25) is 0 Å². The average Bonchev–Trinajstić information content (AvgIpc) is 2.34. The molecule has 1 aliphatic heterocycles. The predicted molar refractivity (Wildman–Crippen MR) is 81.0 cm³/mol. The van der Waals surface area contributed by atoms with Gasteiger partial charge in [0.15, 0.2) is 0 Å². The number of hydrogen-bond acceptors (Lipinski definition) is 2. The molecule has 1 N–H and O–H groups in total. The van der Waals surface area contributed by atoms with Crippen molar-refractivity contribution in [2.75, 3.05) is 19.6 Å². The van der Waals surface area contributed by atoms with Crippen molar-refractivity contribution in [3.8, 4) is 0 Å². The van der Waals surface area contributed by atoms with E-state index in [2.05, 4.69) is 37.9 Å². The van der Waals surface area contributed by atoms with Crippen molar-refractivity contribution in [1.29, 1.82) is 0 Å². The van der Waals surface area contributed by atoms with Gasteiger partial charge in [0.25, 0.3) is 0 Å². The summed E-state index contributed by atoms with van der Waals surface area (Å²) in [5.41, 5.74) is 0. The number of nitrogens with zero attached hydrogens (tertiary/aromatic N) is 1. The number of nitrogens with one attached hydrogen (secondary N) is 1. The molecule has 2 nitrogen and oxygen atoms in total. The molecule has 18 heavy (non-hydrogen) atoms. The second kappa shape index (κ2) is 8.92. The normalized spacial score (nSPS) is 23.5. The molecule has 0 aliphatic carbocycles. The Bertz CT molecular complexity index is 203. The molecule has 1 heterocycles. The first kappa shape index (κ1) is 16.0. The highest BCUT2D eigenvalue weighted by Gasteiger charge is 2.24. The lowest BCUT2D eigenvalue weighted by molar-refractivity contribution is 0.120. The van der Waals surface area contributed by atoms with Gasteiger partial charge in [-0.1, -0.05) is 47.0 Å². The van der Waals surface area contributed by atoms with Crippen LogP contribution in [-0.4, -0.2) is 36.6 Å². The first-order valence-corrected chi connectivity index (χ1v) is 8.14. The van der Waals surface area contributed by atoms with E-state index in [-0.39, 0.29) is 0 Å². The Labute approximate surface area is 115 Å². The van der Waals surface area contributed by atoms with Crippen molar-refractivity contribution in [2.24, 2.45) is 5.92 Å². The van der Waals surface area contributed by atoms with Crippen molar-refractivity contribution in [1.82, 2.24) is 10.2 Å². The van der Waals surface area contributed by atoms with Crippen LogP contribution in [0.15, 0.2) is 0 Å². The molecular weight excluding hydrogens is 220 g/mol. The zero-order valence-electron chi connectivity index (χ0n) is 13.0. The topological polar surface area (TPSA) is 15.3 Å². The van der Waals surface area contributed by atoms with Gasteiger partial charge in [-0.25, -0.2) is 0 Å². The van der Waals surface area contributed by atoms with Gasteiger partial charge in [0.1, 0.15) is 0 Å². The fourth-order valence-corrected chi connectivity index (χ4v) is 3.19. The lowest BCUT2D eigenvalue weighted by Crippen LogP contribution is -2.54. The molecule has 2 atom stereocenters. The van der Waals surface area contributed by atoms with Crippen LogP contribution in [0, 0.1) is 5.92 Å². The fourth-order valence-electron chi connectivity index (χ4n) is 3.19. The zero-order chi connectivity index (χ0) is 13.4. The van der Waals surface area contributed by atoms with Gasteiger partial charge in [-0.2, -0.15) is 0 Å². The number of hydrogen-bond donors (Lipinski definition) is 1. The first-order valence-electron chi connectivity index (χ1n) is 8.14. The maximum atomic E-state index is 3.69. The average molecular weight is 254 g/mol. The molecule has 0 aromatic rings. The van der Waals surface area contributed by atoms with Crippen LogP contribution in [0.25, 0.3) is 0 Å². The predicted octanol–water partition coefficient (Wildman–Crippen LogP) is 3.67. The van der Waals surface area contributed by atoms with E-state index in [0.29, 0.717) is 0 Å². The SMILES string of the molecule is CCCCC(CCC)N1CCNC(CC(C)C)C1. The van der Waals surface area contributed by atoms with E-state index in [9.17, 15) is 0 Å². The van der Waals surface area contributed by atoms with E-state index >= 15 is 0 Å². The second-order valence-corrected chi connectivity index (χ2v) is 6.36. The molecule has 108 valence electrons. The van der Waals surface area contributed by atoms with E-state index in [0.717, 1.165) is 18.0 Å². The van der Waals surface area contributed by atoms with Gasteiger partial charge in [0.05, 0.1) is 0 Å². The third-order valence-electron chi connectivity index (χ3n) is 4.07. The number of rotatable bonds is 8. The van der Waals surface area contributed by atoms with Crippen LogP contribution in [0.4, 0.5) is 0 Å². The standard InChI is InChI=1S/C16H34N2/c1-5-7-9-16(8-6-2)18-11-10-17-15(13-18)12-14(3)4/h14-17H,5-13H2,1-4H3. The lowest BCUT2D eigenvalue weighted by atomic mass is 9.98. The summed E-state index contributed by atoms with van der Waals surface area (Å²) in [7, 11) is 0. The smallest absolute Gasteiger partial charge is 0.0198 e. The Hall–Kier alpha value is -0.0800. The molecule has 1 rings (SSSR count). The summed E-state index contributed by atoms with van der Waals surface area (Å²) < 4.78 is 0. The van der Waals surface area contributed by atoms with Crippen LogP contribution in [0.3, 0.4) is 0 Å². The van der Waals surface area contributed by atoms with Crippen molar-refractivity contribution in [2.45, 2.75) is 78.3 Å². The molecule has 2 heteroatoms. The molecule has 0 radical (unpaired) electrons. The summed E-state index contributed by atoms with van der Waals surface area (Å²) in [6.07, 6.45) is 8.16. The van der Waals surface area contributed by atoms with Gasteiger partial charge in [-0.15, -0.1) is 0 Å². The van der Waals surface area contributed by atoms with Gasteiger partial charge in [-0.3, -0.25) is 4.90 Å². The summed E-state index contributed by atoms with van der Waals surface area (Å²) in [6.45, 7) is 13.0. The number of piperazine rings is 1. The maximum absolute atomic E-state index is 3.69. The molecule has 0 saturated carbocycles. The molecule has 1 aliphatic rings. The molecule has 2 unspecified atom stereocenters. The van der Waals surface area contributed by atoms with E-state index in [1.807, 2.05) is 0 Å². The van der Waals surface area contributed by atoms with Gasteiger partial charge in [0, 0.05) is 31.7 Å². The van der Waals surface area contributed by atoms with Gasteiger partial charge in [0.2, 0.25) is 0 Å². The van der Waals surface area contributed by atoms with Crippen LogP contribution in [0.1, 0.15) is 66.2 Å². The van der Waals surface area contributed by atoms with Crippen molar-refractivity contribution in [3.63, 3.8) is 0 Å². The van der Waals surface area contributed by atoms with E-state index in [1.54, 1.807) is 0 Å². The summed E-state index contributed by atoms with van der Waals surface area (Å²) in [6, 6.07) is 1.56. The minimum atomic E-state index is 0.722. The second-order valence-electron chi connectivity index (χ2n) is 6.36. The quantitative estimate of drug-likeness (QED) is 0.711. The minimum Gasteiger partial charge on any atom is -0.311 e. The Kier molecular flexibility index (Phi) is 7.92. The van der Waals surface area contributed by atoms with Gasteiger partial charge < -0.3 is 5.32 Å². The Morgan fingerprint density at radius 3 is 2.56 bits per heavy atom. The molecule has 0 aromatic heterocycles. The molecule has 1 saturated heterocycles. The van der Waals surface area contributed by atoms with Crippen molar-refractivity contribution < 1.29 is 0 Å². The van der Waals surface area contributed by atoms with E-state index in [4.69, 9.17) is 0 Å². The Balaban J connectivity index is 2.44. The van der Waals surface area contributed by atoms with Crippen LogP contribution in [0.5, 0.6) is 0 Å². The highest BCUT2D eigenvalue weighted by atomic mass is 15.2. The molecule has 0 amide bonds. The third kappa shape index (κ3) is 5.71. The minimum absolute atomic E-state index is 0.722. The van der Waals surface area contributed by atoms with Crippen LogP contribution in [-0.2, 0) is 0 Å². The molecule has 1 fully saturated rings. The van der Waals surface area contributed by atoms with E-state index in [1.165, 1.54) is 58.2 Å².